The van der Waals surface area contributed by atoms with Crippen molar-refractivity contribution in [2.24, 2.45) is 5.73 Å². The van der Waals surface area contributed by atoms with Gasteiger partial charge >= 0.3 is 0 Å². The summed E-state index contributed by atoms with van der Waals surface area (Å²) in [5.41, 5.74) is 8.30. The van der Waals surface area contributed by atoms with Crippen molar-refractivity contribution < 1.29 is 19.0 Å². The van der Waals surface area contributed by atoms with E-state index in [1.807, 2.05) is 39.0 Å². The van der Waals surface area contributed by atoms with E-state index < -0.39 is 11.4 Å². The highest BCUT2D eigenvalue weighted by atomic mass is 35.5. The minimum Gasteiger partial charge on any atom is -0.462 e. The minimum absolute atomic E-state index is 0.0894. The lowest BCUT2D eigenvalue weighted by molar-refractivity contribution is -0.138. The minimum atomic E-state index is -0.811. The Hall–Kier alpha value is -1.99. The molecule has 0 spiro atoms. The van der Waals surface area contributed by atoms with Crippen molar-refractivity contribution in [2.45, 2.75) is 51.4 Å². The van der Waals surface area contributed by atoms with Crippen LogP contribution in [0.25, 0.3) is 11.1 Å². The molecule has 4 N–H and O–H groups in total. The number of halogens is 2. The molecule has 7 heteroatoms. The number of carbonyl (C=O) groups excluding carboxylic acids is 1. The molecule has 0 aromatic heterocycles. The number of rotatable bonds is 4. The fourth-order valence-electron chi connectivity index (χ4n) is 3.27. The van der Waals surface area contributed by atoms with E-state index in [9.17, 15) is 14.3 Å². The van der Waals surface area contributed by atoms with E-state index >= 15 is 0 Å². The Morgan fingerprint density at radius 1 is 1.23 bits per heavy atom. The normalized spacial score (nSPS) is 15.7. The molecule has 0 saturated carbocycles. The van der Waals surface area contributed by atoms with Gasteiger partial charge in [0.25, 0.3) is 6.47 Å². The molecule has 1 aliphatic rings. The summed E-state index contributed by atoms with van der Waals surface area (Å²) in [6.45, 7) is 7.85. The molecule has 0 unspecified atom stereocenters. The molecule has 0 aliphatic carbocycles. The van der Waals surface area contributed by atoms with Crippen LogP contribution >= 0.6 is 11.6 Å². The van der Waals surface area contributed by atoms with Gasteiger partial charge in [0, 0.05) is 6.54 Å². The standard InChI is InChI=1S/C18H20ClFN2O.C5H10O2/c19-16-10-12(1-4-17(16)20)15-3-2-14(9-13(15)11-21)18(23)5-7-22-8-6-18;1-5(2,3)7-4-6/h1-4,9-10,22-23H,5-8,11,21H2;4H,1-3H3. The molecule has 0 radical (unpaired) electrons. The molecule has 0 bridgehead atoms. The highest BCUT2D eigenvalue weighted by Crippen LogP contribution is 2.34. The van der Waals surface area contributed by atoms with E-state index in [-0.39, 0.29) is 10.6 Å². The molecule has 1 heterocycles. The number of nitrogens with one attached hydrogen (secondary N) is 1. The van der Waals surface area contributed by atoms with Gasteiger partial charge in [-0.15, -0.1) is 0 Å². The van der Waals surface area contributed by atoms with Gasteiger partial charge in [0.15, 0.2) is 0 Å². The lowest BCUT2D eigenvalue weighted by Crippen LogP contribution is -2.39. The first kappa shape index (κ1) is 24.3. The fraction of sp³-hybridized carbons (Fsp3) is 0.435. The van der Waals surface area contributed by atoms with Crippen LogP contribution in [-0.4, -0.2) is 30.3 Å². The molecule has 30 heavy (non-hydrogen) atoms. The number of carbonyl (C=O) groups is 1. The van der Waals surface area contributed by atoms with Crippen LogP contribution < -0.4 is 11.1 Å². The zero-order chi connectivity index (χ0) is 22.4. The first-order valence-corrected chi connectivity index (χ1v) is 10.3. The van der Waals surface area contributed by atoms with Gasteiger partial charge in [-0.3, -0.25) is 4.79 Å². The molecule has 2 aromatic rings. The van der Waals surface area contributed by atoms with Crippen molar-refractivity contribution in [3.63, 3.8) is 0 Å². The molecule has 1 saturated heterocycles. The van der Waals surface area contributed by atoms with Crippen LogP contribution in [0.1, 0.15) is 44.7 Å². The van der Waals surface area contributed by atoms with Crippen molar-refractivity contribution in [2.75, 3.05) is 13.1 Å². The average molecular weight is 437 g/mol. The number of hydrogen-bond acceptors (Lipinski definition) is 5. The SMILES string of the molecule is CC(C)(C)OC=O.NCc1cc(C2(O)CCNCC2)ccc1-c1ccc(F)c(Cl)c1. The summed E-state index contributed by atoms with van der Waals surface area (Å²) in [4.78, 5) is 9.60. The predicted molar refractivity (Wildman–Crippen MR) is 118 cm³/mol. The molecule has 0 amide bonds. The van der Waals surface area contributed by atoms with Crippen molar-refractivity contribution >= 4 is 18.1 Å². The van der Waals surface area contributed by atoms with Crippen molar-refractivity contribution in [1.29, 1.82) is 0 Å². The van der Waals surface area contributed by atoms with Gasteiger partial charge in [-0.25, -0.2) is 4.39 Å². The van der Waals surface area contributed by atoms with Gasteiger partial charge in [-0.2, -0.15) is 0 Å². The Balaban J connectivity index is 0.000000396. The summed E-state index contributed by atoms with van der Waals surface area (Å²) in [7, 11) is 0. The zero-order valence-corrected chi connectivity index (χ0v) is 18.4. The second kappa shape index (κ2) is 10.4. The number of benzene rings is 2. The largest absolute Gasteiger partial charge is 0.462 e. The zero-order valence-electron chi connectivity index (χ0n) is 17.7. The lowest BCUT2D eigenvalue weighted by Gasteiger charge is -2.33. The molecule has 0 atom stereocenters. The summed E-state index contributed by atoms with van der Waals surface area (Å²) >= 11 is 5.88. The molecule has 2 aromatic carbocycles. The molecule has 1 aliphatic heterocycles. The monoisotopic (exact) mass is 436 g/mol. The van der Waals surface area contributed by atoms with Crippen LogP contribution in [0.4, 0.5) is 4.39 Å². The van der Waals surface area contributed by atoms with Gasteiger partial charge in [0.05, 0.1) is 10.6 Å². The van der Waals surface area contributed by atoms with E-state index in [0.29, 0.717) is 25.9 Å². The quantitative estimate of drug-likeness (QED) is 0.627. The summed E-state index contributed by atoms with van der Waals surface area (Å²) in [5, 5.41) is 14.2. The maximum absolute atomic E-state index is 13.4. The van der Waals surface area contributed by atoms with E-state index in [2.05, 4.69) is 10.1 Å². The van der Waals surface area contributed by atoms with Crippen LogP contribution in [0.15, 0.2) is 36.4 Å². The third kappa shape index (κ3) is 6.51. The van der Waals surface area contributed by atoms with Gasteiger partial charge in [0.2, 0.25) is 0 Å². The number of aliphatic hydroxyl groups is 1. The first-order chi connectivity index (χ1) is 14.1. The van der Waals surface area contributed by atoms with E-state index in [4.69, 9.17) is 17.3 Å². The molecule has 1 fully saturated rings. The second-order valence-electron chi connectivity index (χ2n) is 8.31. The molecule has 3 rings (SSSR count). The van der Waals surface area contributed by atoms with Crippen molar-refractivity contribution in [1.82, 2.24) is 5.32 Å². The van der Waals surface area contributed by atoms with Gasteiger partial charge < -0.3 is 20.9 Å². The second-order valence-corrected chi connectivity index (χ2v) is 8.72. The number of hydrogen-bond donors (Lipinski definition) is 3. The Kier molecular flexibility index (Phi) is 8.38. The third-order valence-corrected chi connectivity index (χ3v) is 5.22. The van der Waals surface area contributed by atoms with Gasteiger partial charge in [-0.05, 0) is 81.1 Å². The summed E-state index contributed by atoms with van der Waals surface area (Å²) in [5.74, 6) is -0.439. The molecular formula is C23H30ClFN2O3. The van der Waals surface area contributed by atoms with Crippen molar-refractivity contribution in [3.8, 4) is 11.1 Å². The number of piperidine rings is 1. The number of nitrogens with two attached hydrogens (primary N) is 1. The first-order valence-electron chi connectivity index (χ1n) is 9.93. The average Bonchev–Trinajstić information content (AvgIpc) is 2.70. The predicted octanol–water partition coefficient (Wildman–Crippen LogP) is 4.13. The van der Waals surface area contributed by atoms with Crippen LogP contribution in [0, 0.1) is 5.82 Å². The Morgan fingerprint density at radius 2 is 1.90 bits per heavy atom. The van der Waals surface area contributed by atoms with E-state index in [0.717, 1.165) is 35.3 Å². The van der Waals surface area contributed by atoms with Gasteiger partial charge in [0.1, 0.15) is 11.4 Å². The fourth-order valence-corrected chi connectivity index (χ4v) is 3.45. The van der Waals surface area contributed by atoms with E-state index in [1.165, 1.54) is 6.07 Å². The van der Waals surface area contributed by atoms with Crippen LogP contribution in [0.2, 0.25) is 5.02 Å². The summed E-state index contributed by atoms with van der Waals surface area (Å²) < 4.78 is 17.9. The maximum atomic E-state index is 13.4. The van der Waals surface area contributed by atoms with Crippen LogP contribution in [0.5, 0.6) is 0 Å². The Labute approximate surface area is 182 Å². The van der Waals surface area contributed by atoms with Crippen LogP contribution in [-0.2, 0) is 21.7 Å². The Morgan fingerprint density at radius 3 is 2.40 bits per heavy atom. The highest BCUT2D eigenvalue weighted by Gasteiger charge is 2.31. The molecule has 164 valence electrons. The summed E-state index contributed by atoms with van der Waals surface area (Å²) in [6, 6.07) is 10.5. The van der Waals surface area contributed by atoms with Crippen LogP contribution in [0.3, 0.4) is 0 Å². The highest BCUT2D eigenvalue weighted by molar-refractivity contribution is 6.31. The topological polar surface area (TPSA) is 84.6 Å². The lowest BCUT2D eigenvalue weighted by atomic mass is 9.83. The van der Waals surface area contributed by atoms with E-state index in [1.54, 1.807) is 12.1 Å². The Bertz CT molecular complexity index is 862. The summed E-state index contributed by atoms with van der Waals surface area (Å²) in [6.07, 6.45) is 1.36. The molecule has 5 nitrogen and oxygen atoms in total. The number of ether oxygens (including phenoxy) is 1. The smallest absolute Gasteiger partial charge is 0.293 e. The molecular weight excluding hydrogens is 407 g/mol. The third-order valence-electron chi connectivity index (χ3n) is 4.93. The van der Waals surface area contributed by atoms with Gasteiger partial charge in [-0.1, -0.05) is 35.9 Å². The maximum Gasteiger partial charge on any atom is 0.293 e. The van der Waals surface area contributed by atoms with Crippen molar-refractivity contribution in [3.05, 3.63) is 58.4 Å².